The molecule has 10 nitrogen and oxygen atoms in total. The fourth-order valence-corrected chi connectivity index (χ4v) is 5.93. The first kappa shape index (κ1) is 34.4. The van der Waals surface area contributed by atoms with Crippen molar-refractivity contribution in [3.63, 3.8) is 0 Å². The lowest BCUT2D eigenvalue weighted by Crippen LogP contribution is -2.21. The highest BCUT2D eigenvalue weighted by molar-refractivity contribution is 7.92. The van der Waals surface area contributed by atoms with E-state index in [0.717, 1.165) is 38.5 Å². The molecule has 0 amide bonds. The largest absolute Gasteiger partial charge is 0.463 e. The summed E-state index contributed by atoms with van der Waals surface area (Å²) < 4.78 is 32.6. The van der Waals surface area contributed by atoms with E-state index in [1.54, 1.807) is 13.8 Å². The molecule has 0 spiro atoms. The van der Waals surface area contributed by atoms with Gasteiger partial charge in [0.15, 0.2) is 20.5 Å². The Kier molecular flexibility index (Phi) is 15.4. The zero-order valence-corrected chi connectivity index (χ0v) is 25.9. The molecule has 2 heterocycles. The van der Waals surface area contributed by atoms with Crippen LogP contribution in [0.4, 0.5) is 0 Å². The van der Waals surface area contributed by atoms with E-state index in [2.05, 4.69) is 15.0 Å². The summed E-state index contributed by atoms with van der Waals surface area (Å²) in [5.74, 6) is 0.397. The van der Waals surface area contributed by atoms with Crippen molar-refractivity contribution in [1.29, 1.82) is 0 Å². The van der Waals surface area contributed by atoms with Crippen molar-refractivity contribution < 1.29 is 28.2 Å². The van der Waals surface area contributed by atoms with E-state index in [-0.39, 0.29) is 22.9 Å². The molecule has 12 heteroatoms. The van der Waals surface area contributed by atoms with Crippen molar-refractivity contribution >= 4 is 38.6 Å². The molecule has 1 unspecified atom stereocenters. The number of ether oxygens (including phenoxy) is 1. The van der Waals surface area contributed by atoms with Gasteiger partial charge in [0.25, 0.3) is 0 Å². The van der Waals surface area contributed by atoms with Crippen LogP contribution < -0.4 is 0 Å². The smallest absolute Gasteiger partial charge is 0.305 e. The number of aliphatic hydroxyl groups is 2. The number of aryl methyl sites for hydroxylation is 2. The van der Waals surface area contributed by atoms with Gasteiger partial charge in [-0.05, 0) is 45.2 Å². The fraction of sp³-hybridized carbons (Fsp3) is 0.786. The Morgan fingerprint density at radius 1 is 0.900 bits per heavy atom. The number of rotatable bonds is 21. The number of hydrogen-bond acceptors (Lipinski definition) is 9. The van der Waals surface area contributed by atoms with E-state index < -0.39 is 27.8 Å². The topological polar surface area (TPSA) is 144 Å². The van der Waals surface area contributed by atoms with Crippen LogP contribution in [0.1, 0.15) is 110 Å². The first-order valence-corrected chi connectivity index (χ1v) is 16.6. The van der Waals surface area contributed by atoms with Crippen molar-refractivity contribution in [2.75, 3.05) is 13.2 Å². The minimum atomic E-state index is -3.63. The maximum atomic E-state index is 12.9. The van der Waals surface area contributed by atoms with Crippen LogP contribution in [0.25, 0.3) is 11.2 Å². The van der Waals surface area contributed by atoms with Crippen molar-refractivity contribution in [1.82, 2.24) is 19.5 Å². The SMILES string of the molecule is Cc1nc2nc(Cl)nc(S(=O)(=O)C(C)C)c2n1CCCCCCCCCCCCCCCC(=O)OCC(O)CO. The standard InChI is InChI=1S/C28H47ClN4O6S/c1-21(2)40(37,38)27-25-26(31-28(29)32-27)30-22(3)33(25)18-16-14-12-10-8-6-4-5-7-9-11-13-15-17-24(36)39-20-23(35)19-34/h21,23,34-35H,4-20H2,1-3H3. The van der Waals surface area contributed by atoms with E-state index in [9.17, 15) is 13.2 Å². The molecule has 0 saturated heterocycles. The lowest BCUT2D eigenvalue weighted by Gasteiger charge is -2.12. The minimum absolute atomic E-state index is 0.0327. The van der Waals surface area contributed by atoms with E-state index >= 15 is 0 Å². The number of aliphatic hydroxyl groups excluding tert-OH is 2. The van der Waals surface area contributed by atoms with Gasteiger partial charge in [-0.3, -0.25) is 4.79 Å². The second-order valence-corrected chi connectivity index (χ2v) is 13.5. The number of hydrogen-bond donors (Lipinski definition) is 2. The molecule has 40 heavy (non-hydrogen) atoms. The molecule has 0 bridgehead atoms. The summed E-state index contributed by atoms with van der Waals surface area (Å²) in [7, 11) is -3.63. The second-order valence-electron chi connectivity index (χ2n) is 10.7. The maximum Gasteiger partial charge on any atom is 0.305 e. The van der Waals surface area contributed by atoms with Gasteiger partial charge in [-0.1, -0.05) is 70.6 Å². The number of imidazole rings is 1. The molecular formula is C28H47ClN4O6S. The van der Waals surface area contributed by atoms with Crippen LogP contribution in [0, 0.1) is 6.92 Å². The van der Waals surface area contributed by atoms with E-state index in [0.29, 0.717) is 30.0 Å². The van der Waals surface area contributed by atoms with Gasteiger partial charge in [-0.25, -0.2) is 18.4 Å². The van der Waals surface area contributed by atoms with Gasteiger partial charge in [0.1, 0.15) is 24.1 Å². The van der Waals surface area contributed by atoms with E-state index in [1.165, 1.54) is 44.9 Å². The molecule has 0 radical (unpaired) electrons. The average molecular weight is 603 g/mol. The summed E-state index contributed by atoms with van der Waals surface area (Å²) in [6, 6.07) is 0. The summed E-state index contributed by atoms with van der Waals surface area (Å²) in [5, 5.41) is 17.1. The Bertz CT molecular complexity index is 1160. The summed E-state index contributed by atoms with van der Waals surface area (Å²) in [6.45, 7) is 5.24. The Hall–Kier alpha value is -1.82. The molecule has 2 rings (SSSR count). The molecule has 0 aliphatic carbocycles. The molecule has 1 atom stereocenters. The van der Waals surface area contributed by atoms with Crippen molar-refractivity contribution in [3.8, 4) is 0 Å². The molecule has 2 aromatic rings. The highest BCUT2D eigenvalue weighted by Gasteiger charge is 2.28. The normalized spacial score (nSPS) is 12.9. The monoisotopic (exact) mass is 602 g/mol. The molecule has 228 valence electrons. The van der Waals surface area contributed by atoms with Crippen LogP contribution in [0.5, 0.6) is 0 Å². The number of esters is 1. The zero-order valence-electron chi connectivity index (χ0n) is 24.3. The Morgan fingerprint density at radius 3 is 1.95 bits per heavy atom. The van der Waals surface area contributed by atoms with Crippen molar-refractivity contribution in [2.24, 2.45) is 0 Å². The summed E-state index contributed by atoms with van der Waals surface area (Å²) in [6.07, 6.45) is 14.0. The van der Waals surface area contributed by atoms with Gasteiger partial charge in [0.05, 0.1) is 11.9 Å². The lowest BCUT2D eigenvalue weighted by molar-refractivity contribution is -0.147. The number of sulfone groups is 1. The van der Waals surface area contributed by atoms with Gasteiger partial charge in [0.2, 0.25) is 5.28 Å². The van der Waals surface area contributed by atoms with Crippen LogP contribution in [0.15, 0.2) is 5.03 Å². The van der Waals surface area contributed by atoms with Gasteiger partial charge in [-0.2, -0.15) is 4.98 Å². The predicted molar refractivity (Wildman–Crippen MR) is 156 cm³/mol. The van der Waals surface area contributed by atoms with Crippen LogP contribution in [0.3, 0.4) is 0 Å². The molecule has 0 aliphatic rings. The number of carbonyl (C=O) groups is 1. The maximum absolute atomic E-state index is 12.9. The molecular weight excluding hydrogens is 556 g/mol. The van der Waals surface area contributed by atoms with Crippen molar-refractivity contribution in [2.45, 2.75) is 134 Å². The first-order valence-electron chi connectivity index (χ1n) is 14.7. The Labute approximate surface area is 243 Å². The molecule has 0 aliphatic heterocycles. The van der Waals surface area contributed by atoms with Gasteiger partial charge in [0, 0.05) is 13.0 Å². The summed E-state index contributed by atoms with van der Waals surface area (Å²) in [4.78, 5) is 24.2. The van der Waals surface area contributed by atoms with Crippen LogP contribution >= 0.6 is 11.6 Å². The molecule has 0 saturated carbocycles. The number of carbonyl (C=O) groups excluding carboxylic acids is 1. The third kappa shape index (κ3) is 11.2. The second kappa shape index (κ2) is 17.9. The van der Waals surface area contributed by atoms with E-state index in [1.807, 2.05) is 11.5 Å². The summed E-state index contributed by atoms with van der Waals surface area (Å²) >= 11 is 6.00. The van der Waals surface area contributed by atoms with Gasteiger partial charge < -0.3 is 19.5 Å². The van der Waals surface area contributed by atoms with Gasteiger partial charge in [-0.15, -0.1) is 0 Å². The number of fused-ring (bicyclic) bond motifs is 1. The lowest BCUT2D eigenvalue weighted by atomic mass is 10.0. The van der Waals surface area contributed by atoms with Gasteiger partial charge >= 0.3 is 5.97 Å². The van der Waals surface area contributed by atoms with E-state index in [4.69, 9.17) is 26.6 Å². The van der Waals surface area contributed by atoms with Crippen molar-refractivity contribution in [3.05, 3.63) is 11.1 Å². The summed E-state index contributed by atoms with van der Waals surface area (Å²) in [5.41, 5.74) is 0.779. The molecule has 0 fully saturated rings. The molecule has 2 aromatic heterocycles. The fourth-order valence-electron chi connectivity index (χ4n) is 4.58. The number of halogens is 1. The predicted octanol–water partition coefficient (Wildman–Crippen LogP) is 5.33. The number of unbranched alkanes of at least 4 members (excludes halogenated alkanes) is 12. The number of aromatic nitrogens is 4. The third-order valence-electron chi connectivity index (χ3n) is 7.03. The molecule has 0 aromatic carbocycles. The Balaban J connectivity index is 1.56. The number of nitrogens with zero attached hydrogens (tertiary/aromatic N) is 4. The highest BCUT2D eigenvalue weighted by Crippen LogP contribution is 2.26. The third-order valence-corrected chi connectivity index (χ3v) is 9.27. The first-order chi connectivity index (χ1) is 19.1. The highest BCUT2D eigenvalue weighted by atomic mass is 35.5. The zero-order chi connectivity index (χ0) is 29.5. The average Bonchev–Trinajstić information content (AvgIpc) is 3.22. The quantitative estimate of drug-likeness (QED) is 0.0838. The van der Waals surface area contributed by atoms with Crippen LogP contribution in [-0.4, -0.2) is 68.7 Å². The molecule has 2 N–H and O–H groups in total. The van der Waals surface area contributed by atoms with Crippen LogP contribution in [-0.2, 0) is 25.9 Å². The minimum Gasteiger partial charge on any atom is -0.463 e. The van der Waals surface area contributed by atoms with Crippen LogP contribution in [0.2, 0.25) is 5.28 Å². The Morgan fingerprint density at radius 2 is 1.43 bits per heavy atom.